The van der Waals surface area contributed by atoms with Gasteiger partial charge in [-0.1, -0.05) is 49.5 Å². The van der Waals surface area contributed by atoms with Crippen molar-refractivity contribution in [3.05, 3.63) is 28.8 Å². The van der Waals surface area contributed by atoms with E-state index in [0.29, 0.717) is 18.0 Å². The average Bonchev–Trinajstić information content (AvgIpc) is 2.91. The number of nitrogens with two attached hydrogens (primary N) is 1. The Bertz CT molecular complexity index is 626. The molecule has 0 unspecified atom stereocenters. The van der Waals surface area contributed by atoms with Crippen molar-refractivity contribution < 1.29 is 8.42 Å². The van der Waals surface area contributed by atoms with Crippen molar-refractivity contribution in [1.82, 2.24) is 4.72 Å². The molecule has 3 N–H and O–H groups in total. The smallest absolute Gasteiger partial charge is 0.240 e. The van der Waals surface area contributed by atoms with Crippen LogP contribution in [0.3, 0.4) is 0 Å². The summed E-state index contributed by atoms with van der Waals surface area (Å²) in [7, 11) is -3.54. The van der Waals surface area contributed by atoms with Crippen LogP contribution >= 0.6 is 23.8 Å². The first kappa shape index (κ1) is 16.7. The minimum absolute atomic E-state index is 0.138. The topological polar surface area (TPSA) is 72.2 Å². The lowest BCUT2D eigenvalue weighted by Gasteiger charge is -2.11. The fourth-order valence-electron chi connectivity index (χ4n) is 2.64. The molecule has 0 atom stereocenters. The van der Waals surface area contributed by atoms with Gasteiger partial charge in [0.2, 0.25) is 10.0 Å². The first-order valence-electron chi connectivity index (χ1n) is 6.99. The molecular weight excluding hydrogens is 328 g/mol. The van der Waals surface area contributed by atoms with Crippen molar-refractivity contribution in [1.29, 1.82) is 0 Å². The van der Waals surface area contributed by atoms with Gasteiger partial charge in [-0.3, -0.25) is 0 Å². The number of benzene rings is 1. The number of hydrogen-bond donors (Lipinski definition) is 2. The number of hydrogen-bond acceptors (Lipinski definition) is 3. The van der Waals surface area contributed by atoms with Gasteiger partial charge in [0.05, 0.1) is 9.92 Å². The van der Waals surface area contributed by atoms with Crippen LogP contribution in [0.15, 0.2) is 23.1 Å². The van der Waals surface area contributed by atoms with Crippen LogP contribution in [0.2, 0.25) is 5.02 Å². The van der Waals surface area contributed by atoms with Gasteiger partial charge in [-0.15, -0.1) is 0 Å². The average molecular weight is 347 g/mol. The molecule has 1 fully saturated rings. The van der Waals surface area contributed by atoms with Gasteiger partial charge in [0, 0.05) is 12.1 Å². The second-order valence-corrected chi connectivity index (χ2v) is 7.96. The zero-order valence-corrected chi connectivity index (χ0v) is 14.0. The summed E-state index contributed by atoms with van der Waals surface area (Å²) < 4.78 is 27.0. The molecule has 1 aromatic carbocycles. The predicted molar refractivity (Wildman–Crippen MR) is 89.1 cm³/mol. The Morgan fingerprint density at radius 3 is 2.62 bits per heavy atom. The molecular formula is C14H19ClN2O2S2. The van der Waals surface area contributed by atoms with E-state index in [9.17, 15) is 8.42 Å². The van der Waals surface area contributed by atoms with E-state index < -0.39 is 10.0 Å². The van der Waals surface area contributed by atoms with Crippen LogP contribution in [-0.4, -0.2) is 20.0 Å². The Balaban J connectivity index is 2.01. The van der Waals surface area contributed by atoms with Gasteiger partial charge in [-0.05, 0) is 30.5 Å². The zero-order chi connectivity index (χ0) is 15.5. The zero-order valence-electron chi connectivity index (χ0n) is 11.6. The van der Waals surface area contributed by atoms with E-state index in [0.717, 1.165) is 6.42 Å². The molecule has 21 heavy (non-hydrogen) atoms. The van der Waals surface area contributed by atoms with Crippen molar-refractivity contribution in [2.75, 3.05) is 6.54 Å². The van der Waals surface area contributed by atoms with E-state index in [1.807, 2.05) is 0 Å². The van der Waals surface area contributed by atoms with Crippen LogP contribution in [-0.2, 0) is 10.0 Å². The monoisotopic (exact) mass is 346 g/mol. The van der Waals surface area contributed by atoms with Gasteiger partial charge < -0.3 is 5.73 Å². The highest BCUT2D eigenvalue weighted by molar-refractivity contribution is 7.89. The van der Waals surface area contributed by atoms with E-state index in [2.05, 4.69) is 4.72 Å². The van der Waals surface area contributed by atoms with Crippen molar-refractivity contribution in [2.45, 2.75) is 37.0 Å². The molecule has 0 bridgehead atoms. The maximum Gasteiger partial charge on any atom is 0.240 e. The van der Waals surface area contributed by atoms with Gasteiger partial charge in [0.25, 0.3) is 0 Å². The Hall–Kier alpha value is -0.690. The molecule has 0 saturated heterocycles. The first-order chi connectivity index (χ1) is 9.90. The fourth-order valence-corrected chi connectivity index (χ4v) is 4.30. The minimum atomic E-state index is -3.54. The van der Waals surface area contributed by atoms with Gasteiger partial charge >= 0.3 is 0 Å². The van der Waals surface area contributed by atoms with Crippen LogP contribution < -0.4 is 10.5 Å². The van der Waals surface area contributed by atoms with Gasteiger partial charge in [-0.2, -0.15) is 0 Å². The maximum atomic E-state index is 12.2. The molecule has 0 heterocycles. The summed E-state index contributed by atoms with van der Waals surface area (Å²) in [6.45, 7) is 0.460. The molecule has 7 heteroatoms. The molecule has 4 nitrogen and oxygen atoms in total. The molecule has 2 rings (SSSR count). The number of rotatable bonds is 6. The second kappa shape index (κ2) is 7.05. The van der Waals surface area contributed by atoms with Crippen LogP contribution in [0.5, 0.6) is 0 Å². The van der Waals surface area contributed by atoms with E-state index in [1.165, 1.54) is 43.9 Å². The van der Waals surface area contributed by atoms with E-state index in [4.69, 9.17) is 29.6 Å². The number of thiocarbonyl (C=S) groups is 1. The van der Waals surface area contributed by atoms with Gasteiger partial charge in [0.1, 0.15) is 4.99 Å². The molecule has 0 aliphatic heterocycles. The molecule has 0 amide bonds. The summed E-state index contributed by atoms with van der Waals surface area (Å²) in [4.78, 5) is 0.289. The molecule has 1 aromatic rings. The molecule has 1 aliphatic carbocycles. The van der Waals surface area contributed by atoms with Crippen molar-refractivity contribution >= 4 is 38.8 Å². The lowest BCUT2D eigenvalue weighted by atomic mass is 10.1. The fraction of sp³-hybridized carbons (Fsp3) is 0.500. The summed E-state index contributed by atoms with van der Waals surface area (Å²) in [5, 5.41) is 0.251. The largest absolute Gasteiger partial charge is 0.389 e. The van der Waals surface area contributed by atoms with Crippen LogP contribution in [0.25, 0.3) is 0 Å². The molecule has 1 aliphatic rings. The number of sulfonamides is 1. The van der Waals surface area contributed by atoms with E-state index in [-0.39, 0.29) is 14.9 Å². The Kier molecular flexibility index (Phi) is 5.60. The Labute approximate surface area is 136 Å². The van der Waals surface area contributed by atoms with Gasteiger partial charge in [-0.25, -0.2) is 13.1 Å². The predicted octanol–water partition coefficient (Wildman–Crippen LogP) is 2.83. The van der Waals surface area contributed by atoms with Crippen molar-refractivity contribution in [2.24, 2.45) is 11.7 Å². The van der Waals surface area contributed by atoms with E-state index >= 15 is 0 Å². The van der Waals surface area contributed by atoms with Gasteiger partial charge in [0.15, 0.2) is 0 Å². The summed E-state index contributed by atoms with van der Waals surface area (Å²) in [6.07, 6.45) is 5.81. The summed E-state index contributed by atoms with van der Waals surface area (Å²) >= 11 is 10.9. The van der Waals surface area contributed by atoms with Crippen LogP contribution in [0.4, 0.5) is 0 Å². The van der Waals surface area contributed by atoms with Crippen LogP contribution in [0, 0.1) is 5.92 Å². The number of nitrogens with one attached hydrogen (secondary N) is 1. The first-order valence-corrected chi connectivity index (χ1v) is 9.26. The normalized spacial score (nSPS) is 16.2. The van der Waals surface area contributed by atoms with Crippen molar-refractivity contribution in [3.8, 4) is 0 Å². The third kappa shape index (κ3) is 4.39. The lowest BCUT2D eigenvalue weighted by molar-refractivity contribution is 0.495. The standard InChI is InChI=1S/C14H19ClN2O2S2/c15-13-9-11(5-6-12(13)14(16)20)21(18,19)17-8-7-10-3-1-2-4-10/h5-6,9-10,17H,1-4,7-8H2,(H2,16,20). The molecule has 0 aromatic heterocycles. The molecule has 1 saturated carbocycles. The summed E-state index contributed by atoms with van der Waals surface area (Å²) in [5.74, 6) is 0.647. The third-order valence-electron chi connectivity index (χ3n) is 3.84. The molecule has 116 valence electrons. The van der Waals surface area contributed by atoms with E-state index in [1.54, 1.807) is 0 Å². The second-order valence-electron chi connectivity index (χ2n) is 5.34. The van der Waals surface area contributed by atoms with Crippen molar-refractivity contribution in [3.63, 3.8) is 0 Å². The quantitative estimate of drug-likeness (QED) is 0.777. The Morgan fingerprint density at radius 1 is 1.38 bits per heavy atom. The third-order valence-corrected chi connectivity index (χ3v) is 5.83. The Morgan fingerprint density at radius 2 is 2.05 bits per heavy atom. The highest BCUT2D eigenvalue weighted by Gasteiger charge is 2.18. The lowest BCUT2D eigenvalue weighted by Crippen LogP contribution is -2.26. The van der Waals surface area contributed by atoms with Crippen LogP contribution in [0.1, 0.15) is 37.7 Å². The highest BCUT2D eigenvalue weighted by Crippen LogP contribution is 2.27. The molecule has 0 spiro atoms. The maximum absolute atomic E-state index is 12.2. The summed E-state index contributed by atoms with van der Waals surface area (Å²) in [5.41, 5.74) is 5.99. The number of halogens is 1. The highest BCUT2D eigenvalue weighted by atomic mass is 35.5. The summed E-state index contributed by atoms with van der Waals surface area (Å²) in [6, 6.07) is 4.39. The SMILES string of the molecule is NC(=S)c1ccc(S(=O)(=O)NCCC2CCCC2)cc1Cl. The minimum Gasteiger partial charge on any atom is -0.389 e. The molecule has 0 radical (unpaired) electrons.